The number of amides is 3. The number of urea groups is 1. The van der Waals surface area contributed by atoms with Crippen LogP contribution in [-0.2, 0) is 17.9 Å². The summed E-state index contributed by atoms with van der Waals surface area (Å²) in [5, 5.41) is 16.4. The number of hydrogen-bond acceptors (Lipinski definition) is 4. The molecule has 3 heterocycles. The lowest BCUT2D eigenvalue weighted by molar-refractivity contribution is -0.117. The normalized spacial score (nSPS) is 21.5. The van der Waals surface area contributed by atoms with Crippen LogP contribution in [0.2, 0.25) is 0 Å². The molecule has 0 bridgehead atoms. The van der Waals surface area contributed by atoms with Crippen LogP contribution in [0, 0.1) is 17.5 Å². The Bertz CT molecular complexity index is 972. The highest BCUT2D eigenvalue weighted by Gasteiger charge is 2.35. The van der Waals surface area contributed by atoms with E-state index in [-0.39, 0.29) is 37.1 Å². The number of hydrogen-bond donors (Lipinski definition) is 2. The zero-order chi connectivity index (χ0) is 20.9. The molecule has 2 aliphatic heterocycles. The molecule has 154 valence electrons. The Morgan fingerprint density at radius 1 is 1.24 bits per heavy atom. The van der Waals surface area contributed by atoms with E-state index in [1.165, 1.54) is 16.0 Å². The number of halogens is 3. The summed E-state index contributed by atoms with van der Waals surface area (Å²) < 4.78 is 41.6. The highest BCUT2D eigenvalue weighted by atomic mass is 19.2. The van der Waals surface area contributed by atoms with E-state index in [1.54, 1.807) is 11.6 Å². The lowest BCUT2D eigenvalue weighted by Crippen LogP contribution is -2.47. The van der Waals surface area contributed by atoms with Gasteiger partial charge in [-0.3, -0.25) is 9.48 Å². The standard InChI is InChI=1S/C18H18F3N5O3/c1-9-6-26-15(14(5-22-26)25-7-11(27)4-16(25)28)8-24(9)18(29)23-10-2-12(19)17(21)13(20)3-10/h2-3,5,9,11,27H,4,6-8H2,1H3,(H,23,29)/t9-,11-/m0/s1. The van der Waals surface area contributed by atoms with Crippen LogP contribution in [0.4, 0.5) is 29.3 Å². The number of rotatable bonds is 2. The SMILES string of the molecule is C[C@H]1Cn2ncc(N3C[C@@H](O)CC3=O)c2CN1C(=O)Nc1cc(F)c(F)c(F)c1. The van der Waals surface area contributed by atoms with Gasteiger partial charge in [-0.05, 0) is 6.92 Å². The summed E-state index contributed by atoms with van der Waals surface area (Å²) in [5.41, 5.74) is 0.906. The minimum atomic E-state index is -1.61. The van der Waals surface area contributed by atoms with Crippen LogP contribution in [0.1, 0.15) is 19.0 Å². The fraction of sp³-hybridized carbons (Fsp3) is 0.389. The van der Waals surface area contributed by atoms with Crippen molar-refractivity contribution in [1.29, 1.82) is 0 Å². The average Bonchev–Trinajstić information content (AvgIpc) is 3.20. The lowest BCUT2D eigenvalue weighted by Gasteiger charge is -2.35. The largest absolute Gasteiger partial charge is 0.391 e. The van der Waals surface area contributed by atoms with Gasteiger partial charge in [-0.25, -0.2) is 18.0 Å². The smallest absolute Gasteiger partial charge is 0.322 e. The summed E-state index contributed by atoms with van der Waals surface area (Å²) in [4.78, 5) is 27.7. The molecular formula is C18H18F3N5O3. The van der Waals surface area contributed by atoms with Gasteiger partial charge >= 0.3 is 6.03 Å². The maximum atomic E-state index is 13.4. The molecule has 2 atom stereocenters. The van der Waals surface area contributed by atoms with E-state index >= 15 is 0 Å². The van der Waals surface area contributed by atoms with Crippen molar-refractivity contribution in [1.82, 2.24) is 14.7 Å². The Morgan fingerprint density at radius 3 is 2.55 bits per heavy atom. The molecule has 0 radical (unpaired) electrons. The number of nitrogens with one attached hydrogen (secondary N) is 1. The predicted octanol–water partition coefficient (Wildman–Crippen LogP) is 1.83. The van der Waals surface area contributed by atoms with Gasteiger partial charge in [0.1, 0.15) is 0 Å². The molecule has 4 rings (SSSR count). The molecule has 1 aromatic carbocycles. The first kappa shape index (κ1) is 19.2. The van der Waals surface area contributed by atoms with E-state index in [1.807, 2.05) is 0 Å². The van der Waals surface area contributed by atoms with Crippen LogP contribution in [0.3, 0.4) is 0 Å². The third-order valence-corrected chi connectivity index (χ3v) is 5.11. The number of nitrogens with zero attached hydrogens (tertiary/aromatic N) is 4. The Balaban J connectivity index is 1.56. The van der Waals surface area contributed by atoms with Crippen LogP contribution in [0.15, 0.2) is 18.3 Å². The molecule has 1 aromatic heterocycles. The van der Waals surface area contributed by atoms with E-state index in [2.05, 4.69) is 10.4 Å². The third-order valence-electron chi connectivity index (χ3n) is 5.11. The first-order chi connectivity index (χ1) is 13.7. The second kappa shape index (κ2) is 7.07. The van der Waals surface area contributed by atoms with Crippen LogP contribution >= 0.6 is 0 Å². The summed E-state index contributed by atoms with van der Waals surface area (Å²) in [6, 6.07) is 0.467. The van der Waals surface area contributed by atoms with Gasteiger partial charge in [-0.1, -0.05) is 0 Å². The van der Waals surface area contributed by atoms with Crippen molar-refractivity contribution in [2.24, 2.45) is 0 Å². The number of carbonyl (C=O) groups is 2. The van der Waals surface area contributed by atoms with Crippen LogP contribution < -0.4 is 10.2 Å². The monoisotopic (exact) mass is 409 g/mol. The quantitative estimate of drug-likeness (QED) is 0.741. The molecule has 1 fully saturated rings. The Hall–Kier alpha value is -3.08. The van der Waals surface area contributed by atoms with Crippen molar-refractivity contribution in [3.05, 3.63) is 41.5 Å². The van der Waals surface area contributed by atoms with Crippen molar-refractivity contribution in [3.8, 4) is 0 Å². The maximum Gasteiger partial charge on any atom is 0.322 e. The molecule has 2 N–H and O–H groups in total. The van der Waals surface area contributed by atoms with Crippen molar-refractivity contribution in [3.63, 3.8) is 0 Å². The van der Waals surface area contributed by atoms with E-state index in [0.717, 1.165) is 0 Å². The van der Waals surface area contributed by atoms with Gasteiger partial charge in [0.15, 0.2) is 17.5 Å². The second-order valence-electron chi connectivity index (χ2n) is 7.18. The fourth-order valence-corrected chi connectivity index (χ4v) is 3.63. The molecule has 2 aromatic rings. The van der Waals surface area contributed by atoms with Crippen LogP contribution in [0.5, 0.6) is 0 Å². The number of benzene rings is 1. The summed E-state index contributed by atoms with van der Waals surface area (Å²) in [6.45, 7) is 2.36. The number of β-amino-alcohol motifs (C(OH)–C–C–N with tert-alkyl or cyclic N) is 1. The predicted molar refractivity (Wildman–Crippen MR) is 95.5 cm³/mol. The van der Waals surface area contributed by atoms with Crippen molar-refractivity contribution < 1.29 is 27.9 Å². The van der Waals surface area contributed by atoms with Gasteiger partial charge in [0, 0.05) is 17.8 Å². The number of aliphatic hydroxyl groups excluding tert-OH is 1. The van der Waals surface area contributed by atoms with Gasteiger partial charge in [-0.15, -0.1) is 0 Å². The molecule has 0 spiro atoms. The van der Waals surface area contributed by atoms with Gasteiger partial charge in [0.05, 0.1) is 55.8 Å². The van der Waals surface area contributed by atoms with Gasteiger partial charge in [0.25, 0.3) is 0 Å². The van der Waals surface area contributed by atoms with E-state index in [9.17, 15) is 27.9 Å². The van der Waals surface area contributed by atoms with Crippen LogP contribution in [0.25, 0.3) is 0 Å². The fourth-order valence-electron chi connectivity index (χ4n) is 3.63. The molecule has 0 aliphatic carbocycles. The second-order valence-corrected chi connectivity index (χ2v) is 7.18. The molecule has 11 heteroatoms. The molecule has 0 saturated carbocycles. The summed E-state index contributed by atoms with van der Waals surface area (Å²) in [7, 11) is 0. The van der Waals surface area contributed by atoms with E-state index in [0.29, 0.717) is 30.1 Å². The number of aliphatic hydroxyl groups is 1. The number of aromatic nitrogens is 2. The van der Waals surface area contributed by atoms with Crippen molar-refractivity contribution in [2.75, 3.05) is 16.8 Å². The first-order valence-electron chi connectivity index (χ1n) is 9.00. The molecule has 29 heavy (non-hydrogen) atoms. The Labute approximate surface area is 163 Å². The van der Waals surface area contributed by atoms with Crippen molar-refractivity contribution >= 4 is 23.3 Å². The maximum absolute atomic E-state index is 13.4. The number of anilines is 2. The van der Waals surface area contributed by atoms with E-state index < -0.39 is 29.6 Å². The zero-order valence-corrected chi connectivity index (χ0v) is 15.4. The zero-order valence-electron chi connectivity index (χ0n) is 15.4. The average molecular weight is 409 g/mol. The molecule has 1 saturated heterocycles. The minimum Gasteiger partial charge on any atom is -0.391 e. The highest BCUT2D eigenvalue weighted by Crippen LogP contribution is 2.30. The molecule has 0 unspecified atom stereocenters. The summed E-state index contributed by atoms with van der Waals surface area (Å²) in [6.07, 6.45) is 0.778. The summed E-state index contributed by atoms with van der Waals surface area (Å²) in [5.74, 6) is -4.66. The van der Waals surface area contributed by atoms with Gasteiger partial charge in [-0.2, -0.15) is 5.10 Å². The Kier molecular flexibility index (Phi) is 4.69. The number of carbonyl (C=O) groups excluding carboxylic acids is 2. The van der Waals surface area contributed by atoms with Gasteiger partial charge < -0.3 is 20.2 Å². The molecular weight excluding hydrogens is 391 g/mol. The topological polar surface area (TPSA) is 90.7 Å². The number of fused-ring (bicyclic) bond motifs is 1. The van der Waals surface area contributed by atoms with Crippen molar-refractivity contribution in [2.45, 2.75) is 38.6 Å². The molecule has 2 aliphatic rings. The molecule has 3 amide bonds. The summed E-state index contributed by atoms with van der Waals surface area (Å²) >= 11 is 0. The Morgan fingerprint density at radius 2 is 1.93 bits per heavy atom. The molecule has 8 nitrogen and oxygen atoms in total. The van der Waals surface area contributed by atoms with Crippen LogP contribution in [-0.4, -0.2) is 50.4 Å². The lowest BCUT2D eigenvalue weighted by atomic mass is 10.2. The van der Waals surface area contributed by atoms with E-state index in [4.69, 9.17) is 0 Å². The minimum absolute atomic E-state index is 0.0208. The highest BCUT2D eigenvalue weighted by molar-refractivity contribution is 5.96. The third kappa shape index (κ3) is 3.41. The first-order valence-corrected chi connectivity index (χ1v) is 9.00. The van der Waals surface area contributed by atoms with Gasteiger partial charge in [0.2, 0.25) is 5.91 Å².